The molecule has 0 fully saturated rings. The van der Waals surface area contributed by atoms with E-state index < -0.39 is 0 Å². The maximum Gasteiger partial charge on any atom is 0.136 e. The van der Waals surface area contributed by atoms with Gasteiger partial charge in [-0.2, -0.15) is 5.10 Å². The molecule has 1 aliphatic carbocycles. The number of nitrogens with two attached hydrogens (primary N) is 1. The molecule has 0 unspecified atom stereocenters. The van der Waals surface area contributed by atoms with Crippen LogP contribution in [-0.2, 0) is 26.4 Å². The van der Waals surface area contributed by atoms with Crippen LogP contribution >= 0.6 is 12.2 Å². The molecule has 0 saturated heterocycles. The summed E-state index contributed by atoms with van der Waals surface area (Å²) in [6, 6.07) is 4.06. The van der Waals surface area contributed by atoms with Crippen molar-refractivity contribution < 1.29 is 0 Å². The van der Waals surface area contributed by atoms with E-state index >= 15 is 0 Å². The first-order valence-corrected chi connectivity index (χ1v) is 7.09. The molecule has 5 nitrogen and oxygen atoms in total. The maximum absolute atomic E-state index is 5.82. The van der Waals surface area contributed by atoms with Crippen molar-refractivity contribution in [2.24, 2.45) is 12.8 Å². The lowest BCUT2D eigenvalue weighted by Crippen LogP contribution is -2.16. The standard InChI is InChI=1S/C14H17N5S/c1-19-10(5-6-17-19)8-16-14-11(13(15)20)7-9-3-2-4-12(9)18-14/h5-7H,2-4,8H2,1H3,(H2,15,20)(H,16,18). The van der Waals surface area contributed by atoms with E-state index in [0.717, 1.165) is 42.0 Å². The van der Waals surface area contributed by atoms with Crippen LogP contribution in [0.5, 0.6) is 0 Å². The van der Waals surface area contributed by atoms with Crippen LogP contribution in [0.25, 0.3) is 0 Å². The first-order chi connectivity index (χ1) is 9.65. The zero-order valence-corrected chi connectivity index (χ0v) is 12.2. The maximum atomic E-state index is 5.82. The molecule has 2 aromatic rings. The van der Waals surface area contributed by atoms with Gasteiger partial charge in [0, 0.05) is 18.9 Å². The van der Waals surface area contributed by atoms with Crippen LogP contribution in [-0.4, -0.2) is 19.8 Å². The van der Waals surface area contributed by atoms with Gasteiger partial charge in [-0.25, -0.2) is 4.98 Å². The van der Waals surface area contributed by atoms with Crippen LogP contribution in [0.15, 0.2) is 18.3 Å². The Morgan fingerprint density at radius 2 is 2.35 bits per heavy atom. The zero-order chi connectivity index (χ0) is 14.1. The monoisotopic (exact) mass is 287 g/mol. The molecule has 0 amide bonds. The number of rotatable bonds is 4. The Morgan fingerprint density at radius 1 is 1.50 bits per heavy atom. The lowest BCUT2D eigenvalue weighted by Gasteiger charge is -2.12. The Bertz CT molecular complexity index is 662. The van der Waals surface area contributed by atoms with Gasteiger partial charge in [-0.15, -0.1) is 0 Å². The fraction of sp³-hybridized carbons (Fsp3) is 0.357. The quantitative estimate of drug-likeness (QED) is 0.835. The minimum absolute atomic E-state index is 0.389. The Labute approximate surface area is 123 Å². The lowest BCUT2D eigenvalue weighted by atomic mass is 10.1. The summed E-state index contributed by atoms with van der Waals surface area (Å²) in [7, 11) is 1.92. The molecule has 104 valence electrons. The normalized spacial score (nSPS) is 13.2. The highest BCUT2D eigenvalue weighted by Gasteiger charge is 2.17. The summed E-state index contributed by atoms with van der Waals surface area (Å²) in [4.78, 5) is 5.08. The summed E-state index contributed by atoms with van der Waals surface area (Å²) in [6.07, 6.45) is 5.04. The molecule has 1 aliphatic rings. The largest absolute Gasteiger partial charge is 0.389 e. The third-order valence-electron chi connectivity index (χ3n) is 3.68. The van der Waals surface area contributed by atoms with E-state index in [4.69, 9.17) is 22.9 Å². The van der Waals surface area contributed by atoms with Gasteiger partial charge in [0.15, 0.2) is 0 Å². The van der Waals surface area contributed by atoms with Crippen molar-refractivity contribution in [3.05, 3.63) is 40.8 Å². The molecule has 0 aliphatic heterocycles. The third kappa shape index (κ3) is 2.38. The lowest BCUT2D eigenvalue weighted by molar-refractivity contribution is 0.719. The predicted molar refractivity (Wildman–Crippen MR) is 82.7 cm³/mol. The van der Waals surface area contributed by atoms with Crippen LogP contribution < -0.4 is 11.1 Å². The Balaban J connectivity index is 1.88. The van der Waals surface area contributed by atoms with E-state index in [1.54, 1.807) is 6.20 Å². The zero-order valence-electron chi connectivity index (χ0n) is 11.4. The number of fused-ring (bicyclic) bond motifs is 1. The van der Waals surface area contributed by atoms with Gasteiger partial charge in [0.2, 0.25) is 0 Å². The predicted octanol–water partition coefficient (Wildman–Crippen LogP) is 1.55. The molecule has 0 atom stereocenters. The van der Waals surface area contributed by atoms with Gasteiger partial charge < -0.3 is 11.1 Å². The van der Waals surface area contributed by atoms with Crippen molar-refractivity contribution in [1.29, 1.82) is 0 Å². The summed E-state index contributed by atoms with van der Waals surface area (Å²) in [6.45, 7) is 0.651. The minimum atomic E-state index is 0.389. The summed E-state index contributed by atoms with van der Waals surface area (Å²) < 4.78 is 1.83. The van der Waals surface area contributed by atoms with E-state index in [-0.39, 0.29) is 0 Å². The smallest absolute Gasteiger partial charge is 0.136 e. The number of hydrogen-bond acceptors (Lipinski definition) is 4. The fourth-order valence-electron chi connectivity index (χ4n) is 2.54. The van der Waals surface area contributed by atoms with Gasteiger partial charge in [-0.05, 0) is 37.0 Å². The third-order valence-corrected chi connectivity index (χ3v) is 3.90. The van der Waals surface area contributed by atoms with Crippen molar-refractivity contribution in [3.8, 4) is 0 Å². The van der Waals surface area contributed by atoms with Crippen LogP contribution in [0.3, 0.4) is 0 Å². The molecule has 2 aromatic heterocycles. The average molecular weight is 287 g/mol. The van der Waals surface area contributed by atoms with Crippen molar-refractivity contribution in [2.75, 3.05) is 5.32 Å². The van der Waals surface area contributed by atoms with Gasteiger partial charge in [0.05, 0.1) is 17.8 Å². The van der Waals surface area contributed by atoms with Crippen molar-refractivity contribution in [3.63, 3.8) is 0 Å². The summed E-state index contributed by atoms with van der Waals surface area (Å²) >= 11 is 5.14. The number of nitrogens with zero attached hydrogens (tertiary/aromatic N) is 3. The fourth-order valence-corrected chi connectivity index (χ4v) is 2.70. The topological polar surface area (TPSA) is 68.8 Å². The Kier molecular flexibility index (Phi) is 3.40. The van der Waals surface area contributed by atoms with Crippen LogP contribution in [0.1, 0.15) is 28.9 Å². The highest BCUT2D eigenvalue weighted by molar-refractivity contribution is 7.80. The molecule has 0 bridgehead atoms. The molecule has 0 aromatic carbocycles. The number of aryl methyl sites for hydroxylation is 3. The second-order valence-corrected chi connectivity index (χ2v) is 5.45. The number of thiocarbonyl (C=S) groups is 1. The number of nitrogens with one attached hydrogen (secondary N) is 1. The molecule has 3 N–H and O–H groups in total. The van der Waals surface area contributed by atoms with Gasteiger partial charge in [0.25, 0.3) is 0 Å². The molecular formula is C14H17N5S. The van der Waals surface area contributed by atoms with Gasteiger partial charge in [-0.3, -0.25) is 4.68 Å². The summed E-state index contributed by atoms with van der Waals surface area (Å²) in [5.41, 5.74) is 10.2. The molecule has 2 heterocycles. The molecular weight excluding hydrogens is 270 g/mol. The van der Waals surface area contributed by atoms with Crippen LogP contribution in [0, 0.1) is 0 Å². The average Bonchev–Trinajstić information content (AvgIpc) is 3.03. The first kappa shape index (κ1) is 13.1. The number of anilines is 1. The minimum Gasteiger partial charge on any atom is -0.389 e. The number of aromatic nitrogens is 3. The molecule has 20 heavy (non-hydrogen) atoms. The van der Waals surface area contributed by atoms with Crippen molar-refractivity contribution in [2.45, 2.75) is 25.8 Å². The molecule has 0 saturated carbocycles. The molecule has 3 rings (SSSR count). The Morgan fingerprint density at radius 3 is 3.05 bits per heavy atom. The van der Waals surface area contributed by atoms with E-state index in [9.17, 15) is 0 Å². The second-order valence-electron chi connectivity index (χ2n) is 5.01. The SMILES string of the molecule is Cn1nccc1CNc1nc2c(cc1C(N)=S)CCC2. The van der Waals surface area contributed by atoms with E-state index in [2.05, 4.69) is 16.5 Å². The highest BCUT2D eigenvalue weighted by atomic mass is 32.1. The molecule has 0 spiro atoms. The molecule has 0 radical (unpaired) electrons. The van der Waals surface area contributed by atoms with Crippen LogP contribution in [0.2, 0.25) is 0 Å². The van der Waals surface area contributed by atoms with Crippen LogP contribution in [0.4, 0.5) is 5.82 Å². The van der Waals surface area contributed by atoms with E-state index in [0.29, 0.717) is 11.5 Å². The first-order valence-electron chi connectivity index (χ1n) is 6.68. The van der Waals surface area contributed by atoms with E-state index in [1.807, 2.05) is 17.8 Å². The number of pyridine rings is 1. The number of hydrogen-bond donors (Lipinski definition) is 2. The van der Waals surface area contributed by atoms with Gasteiger partial charge >= 0.3 is 0 Å². The highest BCUT2D eigenvalue weighted by Crippen LogP contribution is 2.25. The van der Waals surface area contributed by atoms with Crippen molar-refractivity contribution in [1.82, 2.24) is 14.8 Å². The van der Waals surface area contributed by atoms with Gasteiger partial charge in [0.1, 0.15) is 10.8 Å². The summed E-state index contributed by atoms with van der Waals surface area (Å²) in [5.74, 6) is 0.777. The van der Waals surface area contributed by atoms with E-state index in [1.165, 1.54) is 5.56 Å². The summed E-state index contributed by atoms with van der Waals surface area (Å²) in [5, 5.41) is 7.48. The van der Waals surface area contributed by atoms with Crippen molar-refractivity contribution >= 4 is 23.0 Å². The van der Waals surface area contributed by atoms with Gasteiger partial charge in [-0.1, -0.05) is 12.2 Å². The second kappa shape index (κ2) is 5.20. The Hall–Kier alpha value is -1.95. The molecule has 6 heteroatoms.